The van der Waals surface area contributed by atoms with Crippen LogP contribution in [0.1, 0.15) is 11.1 Å². The van der Waals surface area contributed by atoms with Gasteiger partial charge in [-0.3, -0.25) is 0 Å². The van der Waals surface area contributed by atoms with Gasteiger partial charge in [-0.25, -0.2) is 13.6 Å². The van der Waals surface area contributed by atoms with Crippen LogP contribution in [0.3, 0.4) is 0 Å². The summed E-state index contributed by atoms with van der Waals surface area (Å²) < 4.78 is 65.5. The van der Waals surface area contributed by atoms with Gasteiger partial charge < -0.3 is 10.6 Å². The number of carbonyl (C=O) groups excluding carboxylic acids is 1. The van der Waals surface area contributed by atoms with E-state index >= 15 is 0 Å². The molecule has 0 aliphatic carbocycles. The molecule has 7 nitrogen and oxygen atoms in total. The molecule has 0 bridgehead atoms. The van der Waals surface area contributed by atoms with Crippen LogP contribution in [0.25, 0.3) is 11.1 Å². The average Bonchev–Trinajstić information content (AvgIpc) is 3.30. The summed E-state index contributed by atoms with van der Waals surface area (Å²) in [6.45, 7) is 0. The maximum atomic E-state index is 13.5. The first-order valence-electron chi connectivity index (χ1n) is 9.37. The molecule has 0 aromatic heterocycles. The number of quaternary nitrogens is 1. The maximum Gasteiger partial charge on any atom is 0.419 e. The Balaban J connectivity index is 1.60. The monoisotopic (exact) mass is 461 g/mol. The summed E-state index contributed by atoms with van der Waals surface area (Å²) in [6.07, 6.45) is -4.91. The van der Waals surface area contributed by atoms with Gasteiger partial charge in [0.25, 0.3) is 5.84 Å². The molecule has 0 atom stereocenters. The van der Waals surface area contributed by atoms with Crippen LogP contribution in [0, 0.1) is 11.6 Å². The van der Waals surface area contributed by atoms with Gasteiger partial charge in [0, 0.05) is 10.9 Å². The third-order valence-electron chi connectivity index (χ3n) is 4.64. The lowest BCUT2D eigenvalue weighted by atomic mass is 10.0. The molecule has 168 valence electrons. The number of benzene rings is 3. The molecule has 0 saturated heterocycles. The summed E-state index contributed by atoms with van der Waals surface area (Å²) in [5, 5.41) is 15.8. The fraction of sp³-hybridized carbons (Fsp3) is 0.0476. The number of carbonyl (C=O) groups is 1. The highest BCUT2D eigenvalue weighted by Gasteiger charge is 2.34. The number of hydrogen-bond acceptors (Lipinski definition) is 4. The summed E-state index contributed by atoms with van der Waals surface area (Å²) >= 11 is 0. The second-order valence-electron chi connectivity index (χ2n) is 6.86. The number of anilines is 2. The van der Waals surface area contributed by atoms with Crippen molar-refractivity contribution in [2.45, 2.75) is 6.18 Å². The Bertz CT molecular complexity index is 1270. The second kappa shape index (κ2) is 8.74. The first kappa shape index (κ1) is 22.0. The van der Waals surface area contributed by atoms with Gasteiger partial charge in [-0.05, 0) is 53.6 Å². The molecular weight excluding hydrogens is 447 g/mol. The number of amides is 2. The Morgan fingerprint density at radius 1 is 0.879 bits per heavy atom. The minimum Gasteiger partial charge on any atom is -0.308 e. The van der Waals surface area contributed by atoms with Crippen molar-refractivity contribution in [3.63, 3.8) is 0 Å². The fourth-order valence-electron chi connectivity index (χ4n) is 3.10. The van der Waals surface area contributed by atoms with E-state index in [1.165, 1.54) is 17.6 Å². The van der Waals surface area contributed by atoms with Gasteiger partial charge in [0.2, 0.25) is 0 Å². The van der Waals surface area contributed by atoms with E-state index in [1.54, 1.807) is 30.3 Å². The van der Waals surface area contributed by atoms with Crippen molar-refractivity contribution in [1.82, 2.24) is 0 Å². The average molecular weight is 461 g/mol. The first-order valence-corrected chi connectivity index (χ1v) is 9.37. The van der Waals surface area contributed by atoms with Crippen LogP contribution in [0.2, 0.25) is 0 Å². The van der Waals surface area contributed by atoms with E-state index in [0.29, 0.717) is 34.7 Å². The van der Waals surface area contributed by atoms with Gasteiger partial charge in [0.1, 0.15) is 11.6 Å². The molecule has 3 aromatic carbocycles. The zero-order valence-electron chi connectivity index (χ0n) is 16.5. The molecule has 0 unspecified atom stereocenters. The number of halogens is 5. The van der Waals surface area contributed by atoms with Crippen LogP contribution in [-0.2, 0) is 6.18 Å². The smallest absolute Gasteiger partial charge is 0.308 e. The number of hydrogen-bond donors (Lipinski definition) is 3. The molecule has 0 spiro atoms. The van der Waals surface area contributed by atoms with Crippen LogP contribution >= 0.6 is 0 Å². The van der Waals surface area contributed by atoms with Crippen molar-refractivity contribution in [3.05, 3.63) is 83.4 Å². The predicted octanol–water partition coefficient (Wildman–Crippen LogP) is 4.90. The molecule has 2 amide bonds. The molecule has 4 rings (SSSR count). The van der Waals surface area contributed by atoms with Crippen molar-refractivity contribution >= 4 is 23.2 Å². The number of amidine groups is 1. The van der Waals surface area contributed by atoms with Gasteiger partial charge in [0.15, 0.2) is 0 Å². The van der Waals surface area contributed by atoms with E-state index in [9.17, 15) is 26.7 Å². The molecule has 0 fully saturated rings. The molecule has 1 aliphatic rings. The minimum absolute atomic E-state index is 0.250. The Morgan fingerprint density at radius 3 is 2.27 bits per heavy atom. The minimum atomic E-state index is -4.91. The molecule has 1 heterocycles. The fourth-order valence-corrected chi connectivity index (χ4v) is 3.10. The lowest BCUT2D eigenvalue weighted by Crippen LogP contribution is -2.80. The zero-order chi connectivity index (χ0) is 23.6. The molecule has 0 radical (unpaired) electrons. The highest BCUT2D eigenvalue weighted by molar-refractivity contribution is 6.06. The highest BCUT2D eigenvalue weighted by atomic mass is 19.4. The number of urea groups is 1. The highest BCUT2D eigenvalue weighted by Crippen LogP contribution is 2.33. The van der Waals surface area contributed by atoms with Crippen LogP contribution in [0.15, 0.2) is 76.2 Å². The number of alkyl halides is 3. The Hall–Kier alpha value is -4.19. The number of nitrogens with zero attached hydrogens (tertiary/aromatic N) is 3. The summed E-state index contributed by atoms with van der Waals surface area (Å²) in [5.41, 5.74) is 1.69. The van der Waals surface area contributed by atoms with Crippen LogP contribution < -0.4 is 16.1 Å². The number of rotatable bonds is 4. The van der Waals surface area contributed by atoms with E-state index < -0.39 is 29.4 Å². The third kappa shape index (κ3) is 5.01. The SMILES string of the molecule is O=C(Nc1ccc(F)c(C(F)(F)F)c1)Nc1ccc(-c2ccc(F)cc2)cc1C1=NN=N[NH2+]1. The molecule has 1 aliphatic heterocycles. The number of nitrogens with one attached hydrogen (secondary N) is 2. The van der Waals surface area contributed by atoms with E-state index in [4.69, 9.17) is 0 Å². The van der Waals surface area contributed by atoms with E-state index in [2.05, 4.69) is 26.2 Å². The Kier molecular flexibility index (Phi) is 5.84. The van der Waals surface area contributed by atoms with Crippen LogP contribution in [0.5, 0.6) is 0 Å². The molecule has 3 aromatic rings. The van der Waals surface area contributed by atoms with Gasteiger partial charge in [-0.1, -0.05) is 23.3 Å². The van der Waals surface area contributed by atoms with Gasteiger partial charge >= 0.3 is 12.2 Å². The summed E-state index contributed by atoms with van der Waals surface area (Å²) in [6, 6.07) is 11.9. The van der Waals surface area contributed by atoms with E-state index in [-0.39, 0.29) is 11.4 Å². The predicted molar refractivity (Wildman–Crippen MR) is 109 cm³/mol. The molecule has 4 N–H and O–H groups in total. The van der Waals surface area contributed by atoms with Crippen molar-refractivity contribution in [3.8, 4) is 11.1 Å². The zero-order valence-corrected chi connectivity index (χ0v) is 16.5. The van der Waals surface area contributed by atoms with E-state index in [0.717, 1.165) is 6.07 Å². The number of nitrogens with two attached hydrogens (primary N) is 1. The van der Waals surface area contributed by atoms with E-state index in [1.807, 2.05) is 0 Å². The lowest BCUT2D eigenvalue weighted by Gasteiger charge is -2.13. The van der Waals surface area contributed by atoms with Gasteiger partial charge in [-0.15, -0.1) is 5.43 Å². The van der Waals surface area contributed by atoms with Gasteiger partial charge in [0.05, 0.1) is 22.0 Å². The van der Waals surface area contributed by atoms with Crippen molar-refractivity contribution in [2.24, 2.45) is 15.5 Å². The summed E-state index contributed by atoms with van der Waals surface area (Å²) in [5.74, 6) is -1.51. The molecule has 12 heteroatoms. The largest absolute Gasteiger partial charge is 0.419 e. The Labute approximate surface area is 183 Å². The Morgan fingerprint density at radius 2 is 1.61 bits per heavy atom. The van der Waals surface area contributed by atoms with Crippen molar-refractivity contribution in [2.75, 3.05) is 10.6 Å². The third-order valence-corrected chi connectivity index (χ3v) is 4.64. The second-order valence-corrected chi connectivity index (χ2v) is 6.86. The first-order chi connectivity index (χ1) is 15.7. The molecule has 33 heavy (non-hydrogen) atoms. The molecular formula is C21H14F5N6O+. The van der Waals surface area contributed by atoms with Crippen molar-refractivity contribution in [1.29, 1.82) is 0 Å². The van der Waals surface area contributed by atoms with Crippen molar-refractivity contribution < 1.29 is 32.2 Å². The summed E-state index contributed by atoms with van der Waals surface area (Å²) in [7, 11) is 0. The standard InChI is InChI=1S/C21H13F5N6O/c22-13-4-1-11(2-5-13)12-3-8-18(15(9-12)19-29-31-32-30-19)28-20(33)27-14-6-7-17(23)16(10-14)21(24,25)26/h1-10H,(H2,27,28,33)(H,29,30,31,32)/p+1. The van der Waals surface area contributed by atoms with Gasteiger partial charge in [-0.2, -0.15) is 13.2 Å². The lowest BCUT2D eigenvalue weighted by molar-refractivity contribution is -0.546. The maximum absolute atomic E-state index is 13.5. The normalized spacial score (nSPS) is 13.1. The van der Waals surface area contributed by atoms with Crippen LogP contribution in [0.4, 0.5) is 38.1 Å². The molecule has 0 saturated carbocycles. The topological polar surface area (TPSA) is 94.8 Å². The summed E-state index contributed by atoms with van der Waals surface area (Å²) in [4.78, 5) is 12.5. The van der Waals surface area contributed by atoms with Crippen LogP contribution in [-0.4, -0.2) is 11.9 Å². The quantitative estimate of drug-likeness (QED) is 0.374.